The van der Waals surface area contributed by atoms with Gasteiger partial charge in [-0.05, 0) is 25.5 Å². The number of benzene rings is 1. The van der Waals surface area contributed by atoms with Crippen molar-refractivity contribution in [1.82, 2.24) is 9.97 Å². The van der Waals surface area contributed by atoms with Crippen LogP contribution in [0.15, 0.2) is 24.3 Å². The van der Waals surface area contributed by atoms with Gasteiger partial charge in [0.15, 0.2) is 11.6 Å². The van der Waals surface area contributed by atoms with Crippen LogP contribution < -0.4 is 9.80 Å². The van der Waals surface area contributed by atoms with Crippen LogP contribution in [0.1, 0.15) is 20.3 Å². The van der Waals surface area contributed by atoms with Crippen molar-refractivity contribution < 1.29 is 9.47 Å². The fourth-order valence-electron chi connectivity index (χ4n) is 3.51. The molecule has 1 aromatic heterocycles. The second kappa shape index (κ2) is 6.77. The summed E-state index contributed by atoms with van der Waals surface area (Å²) in [5.74, 6) is 1.95. The molecule has 1 aromatic carbocycles. The van der Waals surface area contributed by atoms with Gasteiger partial charge in [-0.25, -0.2) is 9.97 Å². The first-order valence-electron chi connectivity index (χ1n) is 9.17. The maximum Gasteiger partial charge on any atom is 0.172 e. The number of hydrogen-bond acceptors (Lipinski definition) is 6. The molecule has 2 aliphatic rings. The van der Waals surface area contributed by atoms with E-state index in [1.165, 1.54) is 0 Å². The second-order valence-corrected chi connectivity index (χ2v) is 7.03. The third kappa shape index (κ3) is 3.28. The zero-order valence-corrected chi connectivity index (χ0v) is 15.1. The molecule has 3 heterocycles. The summed E-state index contributed by atoms with van der Waals surface area (Å²) in [4.78, 5) is 14.6. The van der Waals surface area contributed by atoms with Gasteiger partial charge in [-0.3, -0.25) is 0 Å². The molecule has 0 N–H and O–H groups in total. The minimum Gasteiger partial charge on any atom is -0.378 e. The molecule has 2 fully saturated rings. The van der Waals surface area contributed by atoms with E-state index in [1.807, 2.05) is 24.3 Å². The monoisotopic (exact) mass is 342 g/mol. The first-order valence-corrected chi connectivity index (χ1v) is 9.17. The fraction of sp³-hybridized carbons (Fsp3) is 0.579. The number of fused-ring (bicyclic) bond motifs is 1. The van der Waals surface area contributed by atoms with Gasteiger partial charge >= 0.3 is 0 Å². The van der Waals surface area contributed by atoms with Crippen LogP contribution in [0.5, 0.6) is 0 Å². The van der Waals surface area contributed by atoms with Gasteiger partial charge in [0.1, 0.15) is 0 Å². The van der Waals surface area contributed by atoms with Crippen molar-refractivity contribution in [2.45, 2.75) is 25.9 Å². The first kappa shape index (κ1) is 16.5. The Morgan fingerprint density at radius 3 is 2.20 bits per heavy atom. The Kier molecular flexibility index (Phi) is 4.48. The lowest BCUT2D eigenvalue weighted by Gasteiger charge is -2.42. The maximum atomic E-state index is 6.02. The highest BCUT2D eigenvalue weighted by atomic mass is 16.5. The van der Waals surface area contributed by atoms with Gasteiger partial charge in [-0.1, -0.05) is 19.1 Å². The molecule has 1 unspecified atom stereocenters. The van der Waals surface area contributed by atoms with E-state index in [0.717, 1.165) is 75.1 Å². The van der Waals surface area contributed by atoms with Crippen LogP contribution in [0.4, 0.5) is 11.6 Å². The van der Waals surface area contributed by atoms with Crippen molar-refractivity contribution >= 4 is 22.7 Å². The van der Waals surface area contributed by atoms with E-state index in [2.05, 4.69) is 23.6 Å². The molecule has 6 heteroatoms. The van der Waals surface area contributed by atoms with Crippen molar-refractivity contribution in [3.8, 4) is 0 Å². The van der Waals surface area contributed by atoms with Crippen molar-refractivity contribution in [3.05, 3.63) is 24.3 Å². The molecule has 0 aliphatic carbocycles. The molecule has 6 nitrogen and oxygen atoms in total. The predicted octanol–water partition coefficient (Wildman–Crippen LogP) is 2.47. The van der Waals surface area contributed by atoms with E-state index in [0.29, 0.717) is 0 Å². The largest absolute Gasteiger partial charge is 0.378 e. The molecule has 134 valence electrons. The molecule has 0 bridgehead atoms. The van der Waals surface area contributed by atoms with E-state index in [9.17, 15) is 0 Å². The summed E-state index contributed by atoms with van der Waals surface area (Å²) in [5.41, 5.74) is 1.76. The van der Waals surface area contributed by atoms with Gasteiger partial charge in [-0.15, -0.1) is 0 Å². The lowest BCUT2D eigenvalue weighted by atomic mass is 10.0. The molecule has 0 radical (unpaired) electrons. The summed E-state index contributed by atoms with van der Waals surface area (Å²) in [6, 6.07) is 8.10. The molecule has 4 rings (SSSR count). The van der Waals surface area contributed by atoms with Crippen molar-refractivity contribution in [2.24, 2.45) is 0 Å². The molecule has 0 spiro atoms. The molecule has 0 saturated carbocycles. The van der Waals surface area contributed by atoms with E-state index in [4.69, 9.17) is 19.4 Å². The summed E-state index contributed by atoms with van der Waals surface area (Å²) >= 11 is 0. The number of para-hydroxylation sites is 2. The van der Waals surface area contributed by atoms with Crippen LogP contribution in [-0.4, -0.2) is 61.6 Å². The smallest absolute Gasteiger partial charge is 0.172 e. The SMILES string of the molecule is CCC1(C)CN(c2nc3ccccc3nc2N2CCOCC2)CCO1. The highest BCUT2D eigenvalue weighted by Crippen LogP contribution is 2.32. The van der Waals surface area contributed by atoms with Crippen molar-refractivity contribution in [3.63, 3.8) is 0 Å². The summed E-state index contributed by atoms with van der Waals surface area (Å²) in [7, 11) is 0. The van der Waals surface area contributed by atoms with Crippen LogP contribution in [-0.2, 0) is 9.47 Å². The zero-order chi connectivity index (χ0) is 17.3. The minimum absolute atomic E-state index is 0.131. The van der Waals surface area contributed by atoms with Crippen molar-refractivity contribution in [1.29, 1.82) is 0 Å². The van der Waals surface area contributed by atoms with Gasteiger partial charge < -0.3 is 19.3 Å². The van der Waals surface area contributed by atoms with E-state index >= 15 is 0 Å². The lowest BCUT2D eigenvalue weighted by molar-refractivity contribution is -0.0443. The molecule has 1 atom stereocenters. The number of ether oxygens (including phenoxy) is 2. The highest BCUT2D eigenvalue weighted by Gasteiger charge is 2.33. The highest BCUT2D eigenvalue weighted by molar-refractivity contribution is 5.81. The fourth-order valence-corrected chi connectivity index (χ4v) is 3.51. The summed E-state index contributed by atoms with van der Waals surface area (Å²) in [5, 5.41) is 0. The third-order valence-corrected chi connectivity index (χ3v) is 5.23. The number of aromatic nitrogens is 2. The predicted molar refractivity (Wildman–Crippen MR) is 99.4 cm³/mol. The Labute approximate surface area is 148 Å². The van der Waals surface area contributed by atoms with Gasteiger partial charge in [0, 0.05) is 26.2 Å². The normalized spacial score (nSPS) is 24.7. The van der Waals surface area contributed by atoms with Crippen LogP contribution in [0.3, 0.4) is 0 Å². The number of rotatable bonds is 3. The molecule has 0 amide bonds. The summed E-state index contributed by atoms with van der Waals surface area (Å²) in [6.45, 7) is 9.97. The van der Waals surface area contributed by atoms with E-state index < -0.39 is 0 Å². The van der Waals surface area contributed by atoms with Crippen LogP contribution in [0.2, 0.25) is 0 Å². The number of nitrogens with zero attached hydrogens (tertiary/aromatic N) is 4. The quantitative estimate of drug-likeness (QED) is 0.854. The Morgan fingerprint density at radius 1 is 0.960 bits per heavy atom. The zero-order valence-electron chi connectivity index (χ0n) is 15.1. The number of hydrogen-bond donors (Lipinski definition) is 0. The maximum absolute atomic E-state index is 6.02. The average Bonchev–Trinajstić information content (AvgIpc) is 2.68. The van der Waals surface area contributed by atoms with Gasteiger partial charge in [0.2, 0.25) is 0 Å². The van der Waals surface area contributed by atoms with Gasteiger partial charge in [-0.2, -0.15) is 0 Å². The van der Waals surface area contributed by atoms with Crippen LogP contribution in [0.25, 0.3) is 11.0 Å². The van der Waals surface area contributed by atoms with Gasteiger partial charge in [0.05, 0.1) is 36.5 Å². The topological polar surface area (TPSA) is 50.7 Å². The lowest BCUT2D eigenvalue weighted by Crippen LogP contribution is -2.50. The molecular weight excluding hydrogens is 316 g/mol. The second-order valence-electron chi connectivity index (χ2n) is 7.03. The van der Waals surface area contributed by atoms with E-state index in [-0.39, 0.29) is 5.60 Å². The number of morpholine rings is 2. The van der Waals surface area contributed by atoms with Crippen LogP contribution in [0, 0.1) is 0 Å². The van der Waals surface area contributed by atoms with Crippen LogP contribution >= 0.6 is 0 Å². The third-order valence-electron chi connectivity index (χ3n) is 5.23. The first-order chi connectivity index (χ1) is 12.2. The number of anilines is 2. The summed E-state index contributed by atoms with van der Waals surface area (Å²) < 4.78 is 11.5. The Balaban J connectivity index is 1.77. The summed E-state index contributed by atoms with van der Waals surface area (Å²) in [6.07, 6.45) is 0.984. The molecule has 25 heavy (non-hydrogen) atoms. The standard InChI is InChI=1S/C19H26N4O2/c1-3-19(2)14-23(10-13-25-19)18-17(22-8-11-24-12-9-22)20-15-6-4-5-7-16(15)21-18/h4-7H,3,8-14H2,1-2H3. The molecule has 2 aromatic rings. The Morgan fingerprint density at radius 2 is 1.56 bits per heavy atom. The van der Waals surface area contributed by atoms with Gasteiger partial charge in [0.25, 0.3) is 0 Å². The van der Waals surface area contributed by atoms with E-state index in [1.54, 1.807) is 0 Å². The molecule has 2 aliphatic heterocycles. The average molecular weight is 342 g/mol. The molecular formula is C19H26N4O2. The Hall–Kier alpha value is -1.92. The van der Waals surface area contributed by atoms with Crippen molar-refractivity contribution in [2.75, 3.05) is 55.8 Å². The Bertz CT molecular complexity index is 747. The molecule has 2 saturated heterocycles. The minimum atomic E-state index is -0.131.